The summed E-state index contributed by atoms with van der Waals surface area (Å²) in [4.78, 5) is 23.9. The number of Topliss-reactive ketones (excluding diaryl/α,β-unsaturated/α-hetero) is 1. The van der Waals surface area contributed by atoms with Crippen molar-refractivity contribution in [2.75, 3.05) is 18.0 Å². The van der Waals surface area contributed by atoms with E-state index in [-0.39, 0.29) is 17.0 Å². The molecule has 1 aromatic rings. The van der Waals surface area contributed by atoms with Gasteiger partial charge in [-0.1, -0.05) is 12.2 Å². The van der Waals surface area contributed by atoms with Gasteiger partial charge in [0.2, 0.25) is 0 Å². The third kappa shape index (κ3) is 3.64. The number of nitro groups is 1. The van der Waals surface area contributed by atoms with Crippen LogP contribution in [0.3, 0.4) is 0 Å². The maximum absolute atomic E-state index is 11.5. The number of nitro benzene ring substituents is 1. The van der Waals surface area contributed by atoms with Crippen LogP contribution in [0.2, 0.25) is 0 Å². The first-order valence-corrected chi connectivity index (χ1v) is 6.05. The first-order valence-electron chi connectivity index (χ1n) is 6.05. The van der Waals surface area contributed by atoms with Crippen LogP contribution in [-0.4, -0.2) is 23.8 Å². The van der Waals surface area contributed by atoms with E-state index >= 15 is 0 Å². The molecule has 0 N–H and O–H groups in total. The van der Waals surface area contributed by atoms with Crippen molar-refractivity contribution in [1.29, 1.82) is 0 Å². The Morgan fingerprint density at radius 1 is 1.42 bits per heavy atom. The van der Waals surface area contributed by atoms with Crippen LogP contribution in [0.25, 0.3) is 0 Å². The fraction of sp³-hybridized carbons (Fsp3) is 0.357. The maximum atomic E-state index is 11.5. The van der Waals surface area contributed by atoms with E-state index in [0.717, 1.165) is 17.8 Å². The zero-order chi connectivity index (χ0) is 14.6. The Hall–Kier alpha value is -2.17. The summed E-state index contributed by atoms with van der Waals surface area (Å²) in [5.74, 6) is -0.306. The summed E-state index contributed by atoms with van der Waals surface area (Å²) in [6.07, 6.45) is 0. The van der Waals surface area contributed by atoms with E-state index in [9.17, 15) is 14.9 Å². The minimum Gasteiger partial charge on any atom is -0.368 e. The van der Waals surface area contributed by atoms with E-state index in [0.29, 0.717) is 6.54 Å². The van der Waals surface area contributed by atoms with Crippen molar-refractivity contribution in [2.24, 2.45) is 0 Å². The molecule has 5 nitrogen and oxygen atoms in total. The van der Waals surface area contributed by atoms with E-state index in [2.05, 4.69) is 6.58 Å². The molecule has 0 radical (unpaired) electrons. The van der Waals surface area contributed by atoms with Crippen molar-refractivity contribution in [3.05, 3.63) is 46.0 Å². The molecule has 0 bridgehead atoms. The SMILES string of the molecule is C=C(C)CN(CC)c1ccc([N+](=O)[O-])c(C(C)=O)c1. The van der Waals surface area contributed by atoms with Crippen LogP contribution in [0, 0.1) is 10.1 Å². The van der Waals surface area contributed by atoms with Gasteiger partial charge >= 0.3 is 0 Å². The highest BCUT2D eigenvalue weighted by Gasteiger charge is 2.19. The largest absolute Gasteiger partial charge is 0.368 e. The molecule has 0 amide bonds. The molecule has 0 aliphatic rings. The van der Waals surface area contributed by atoms with Crippen molar-refractivity contribution in [3.63, 3.8) is 0 Å². The van der Waals surface area contributed by atoms with E-state index < -0.39 is 4.92 Å². The lowest BCUT2D eigenvalue weighted by atomic mass is 10.1. The third-order valence-electron chi connectivity index (χ3n) is 2.76. The summed E-state index contributed by atoms with van der Waals surface area (Å²) in [5, 5.41) is 10.9. The zero-order valence-corrected chi connectivity index (χ0v) is 11.5. The van der Waals surface area contributed by atoms with Gasteiger partial charge in [-0.3, -0.25) is 14.9 Å². The van der Waals surface area contributed by atoms with Gasteiger partial charge in [0.25, 0.3) is 5.69 Å². The highest BCUT2D eigenvalue weighted by atomic mass is 16.6. The van der Waals surface area contributed by atoms with Gasteiger partial charge in [0.1, 0.15) is 0 Å². The average molecular weight is 262 g/mol. The first-order chi connectivity index (χ1) is 8.86. The lowest BCUT2D eigenvalue weighted by molar-refractivity contribution is -0.385. The predicted octanol–water partition coefficient (Wildman–Crippen LogP) is 3.20. The highest BCUT2D eigenvalue weighted by Crippen LogP contribution is 2.25. The van der Waals surface area contributed by atoms with Crippen LogP contribution in [0.5, 0.6) is 0 Å². The predicted molar refractivity (Wildman–Crippen MR) is 75.8 cm³/mol. The van der Waals surface area contributed by atoms with Gasteiger partial charge in [0, 0.05) is 24.8 Å². The average Bonchev–Trinajstić information content (AvgIpc) is 2.34. The molecule has 0 saturated heterocycles. The summed E-state index contributed by atoms with van der Waals surface area (Å²) in [7, 11) is 0. The molecule has 0 aliphatic heterocycles. The fourth-order valence-electron chi connectivity index (χ4n) is 1.87. The van der Waals surface area contributed by atoms with Gasteiger partial charge in [0.15, 0.2) is 5.78 Å². The molecular weight excluding hydrogens is 244 g/mol. The molecule has 0 unspecified atom stereocenters. The van der Waals surface area contributed by atoms with Gasteiger partial charge in [0.05, 0.1) is 10.5 Å². The van der Waals surface area contributed by atoms with Crippen LogP contribution in [-0.2, 0) is 0 Å². The highest BCUT2D eigenvalue weighted by molar-refractivity contribution is 5.99. The molecule has 102 valence electrons. The van der Waals surface area contributed by atoms with E-state index in [1.165, 1.54) is 13.0 Å². The topological polar surface area (TPSA) is 63.4 Å². The number of nitrogens with zero attached hydrogens (tertiary/aromatic N) is 2. The Balaban J connectivity index is 3.24. The van der Waals surface area contributed by atoms with Gasteiger partial charge in [-0.25, -0.2) is 0 Å². The Morgan fingerprint density at radius 3 is 2.47 bits per heavy atom. The molecule has 0 spiro atoms. The summed E-state index contributed by atoms with van der Waals surface area (Å²) < 4.78 is 0. The molecular formula is C14H18N2O3. The third-order valence-corrected chi connectivity index (χ3v) is 2.76. The second-order valence-electron chi connectivity index (χ2n) is 4.49. The molecule has 19 heavy (non-hydrogen) atoms. The van der Waals surface area contributed by atoms with Crippen molar-refractivity contribution in [3.8, 4) is 0 Å². The zero-order valence-electron chi connectivity index (χ0n) is 11.5. The second-order valence-corrected chi connectivity index (χ2v) is 4.49. The Kier molecular flexibility index (Phi) is 4.80. The molecule has 1 rings (SSSR count). The molecule has 0 aliphatic carbocycles. The number of carbonyl (C=O) groups excluding carboxylic acids is 1. The summed E-state index contributed by atoms with van der Waals surface area (Å²) in [6, 6.07) is 4.62. The number of anilines is 1. The minimum atomic E-state index is -0.532. The summed E-state index contributed by atoms with van der Waals surface area (Å²) in [6.45, 7) is 10.5. The smallest absolute Gasteiger partial charge is 0.280 e. The van der Waals surface area contributed by atoms with Crippen LogP contribution in [0.1, 0.15) is 31.1 Å². The number of ketones is 1. The van der Waals surface area contributed by atoms with Crippen molar-refractivity contribution in [2.45, 2.75) is 20.8 Å². The number of likely N-dealkylation sites (N-methyl/N-ethyl adjacent to an activating group) is 1. The Bertz CT molecular complexity index is 523. The van der Waals surface area contributed by atoms with Crippen LogP contribution >= 0.6 is 0 Å². The van der Waals surface area contributed by atoms with Crippen LogP contribution < -0.4 is 4.90 Å². The lowest BCUT2D eigenvalue weighted by Gasteiger charge is -2.23. The number of benzene rings is 1. The maximum Gasteiger partial charge on any atom is 0.280 e. The molecule has 5 heteroatoms. The molecule has 0 atom stereocenters. The Labute approximate surface area is 112 Å². The summed E-state index contributed by atoms with van der Waals surface area (Å²) in [5.41, 5.74) is 1.77. The molecule has 0 fully saturated rings. The fourth-order valence-corrected chi connectivity index (χ4v) is 1.87. The van der Waals surface area contributed by atoms with Crippen LogP contribution in [0.4, 0.5) is 11.4 Å². The van der Waals surface area contributed by atoms with E-state index in [1.807, 2.05) is 18.7 Å². The van der Waals surface area contributed by atoms with E-state index in [4.69, 9.17) is 0 Å². The quantitative estimate of drug-likeness (QED) is 0.342. The monoisotopic (exact) mass is 262 g/mol. The minimum absolute atomic E-state index is 0.141. The Morgan fingerprint density at radius 2 is 2.05 bits per heavy atom. The standard InChI is InChI=1S/C14H18N2O3/c1-5-15(9-10(2)3)12-6-7-14(16(18)19)13(8-12)11(4)17/h6-8H,2,5,9H2,1,3-4H3. The van der Waals surface area contributed by atoms with Crippen molar-refractivity contribution >= 4 is 17.2 Å². The van der Waals surface area contributed by atoms with Gasteiger partial charge in [-0.2, -0.15) is 0 Å². The molecule has 1 aromatic carbocycles. The number of rotatable bonds is 6. The molecule has 0 heterocycles. The van der Waals surface area contributed by atoms with Gasteiger partial charge in [-0.15, -0.1) is 0 Å². The first kappa shape index (κ1) is 14.9. The van der Waals surface area contributed by atoms with Crippen LogP contribution in [0.15, 0.2) is 30.4 Å². The summed E-state index contributed by atoms with van der Waals surface area (Å²) >= 11 is 0. The van der Waals surface area contributed by atoms with Gasteiger partial charge in [-0.05, 0) is 32.9 Å². The van der Waals surface area contributed by atoms with Gasteiger partial charge < -0.3 is 4.90 Å². The normalized spacial score (nSPS) is 10.1. The molecule has 0 saturated carbocycles. The number of hydrogen-bond donors (Lipinski definition) is 0. The lowest BCUT2D eigenvalue weighted by Crippen LogP contribution is -2.24. The number of hydrogen-bond acceptors (Lipinski definition) is 4. The van der Waals surface area contributed by atoms with Crippen molar-refractivity contribution in [1.82, 2.24) is 0 Å². The second kappa shape index (κ2) is 6.13. The molecule has 0 aromatic heterocycles. The van der Waals surface area contributed by atoms with E-state index in [1.54, 1.807) is 12.1 Å². The number of carbonyl (C=O) groups is 1. The van der Waals surface area contributed by atoms with Crippen molar-refractivity contribution < 1.29 is 9.72 Å².